The number of hydrogen-bond acceptors (Lipinski definition) is 3. The van der Waals surface area contributed by atoms with Crippen LogP contribution in [0.3, 0.4) is 0 Å². The van der Waals surface area contributed by atoms with Gasteiger partial charge in [0.2, 0.25) is 11.8 Å². The number of guanidine groups is 1. The lowest BCUT2D eigenvalue weighted by molar-refractivity contribution is -0.128. The van der Waals surface area contributed by atoms with E-state index < -0.39 is 0 Å². The first-order valence-corrected chi connectivity index (χ1v) is 10.4. The zero-order valence-electron chi connectivity index (χ0n) is 17.8. The van der Waals surface area contributed by atoms with Crippen LogP contribution in [0.25, 0.3) is 0 Å². The molecule has 2 rings (SSSR count). The van der Waals surface area contributed by atoms with Crippen molar-refractivity contribution in [2.45, 2.75) is 78.3 Å². The summed E-state index contributed by atoms with van der Waals surface area (Å²) in [6, 6.07) is 0.684. The topological polar surface area (TPSA) is 94.6 Å². The Balaban J connectivity index is 0.00000392. The third-order valence-corrected chi connectivity index (χ3v) is 5.00. The van der Waals surface area contributed by atoms with Gasteiger partial charge in [-0.1, -0.05) is 27.2 Å². The highest BCUT2D eigenvalue weighted by Gasteiger charge is 2.31. The molecule has 8 heteroatoms. The molecule has 162 valence electrons. The lowest BCUT2D eigenvalue weighted by atomic mass is 9.85. The van der Waals surface area contributed by atoms with Gasteiger partial charge in [0.15, 0.2) is 5.96 Å². The molecule has 0 aliphatic heterocycles. The van der Waals surface area contributed by atoms with E-state index in [0.717, 1.165) is 51.0 Å². The van der Waals surface area contributed by atoms with E-state index in [0.29, 0.717) is 19.1 Å². The zero-order valence-corrected chi connectivity index (χ0v) is 20.1. The molecule has 7 nitrogen and oxygen atoms in total. The zero-order chi connectivity index (χ0) is 19.9. The SMILES string of the molecule is CCNC(=NCCNC(=O)C(C)(C)C)NC1CCCC(C(=O)NC2CC2)C1.I. The average molecular weight is 507 g/mol. The molecule has 0 spiro atoms. The second kappa shape index (κ2) is 11.8. The maximum Gasteiger partial charge on any atom is 0.225 e. The predicted octanol–water partition coefficient (Wildman–Crippen LogP) is 2.16. The number of carbonyl (C=O) groups excluding carboxylic acids is 2. The molecule has 0 saturated heterocycles. The Hall–Kier alpha value is -1.06. The largest absolute Gasteiger partial charge is 0.357 e. The van der Waals surface area contributed by atoms with Crippen LogP contribution in [0, 0.1) is 11.3 Å². The highest BCUT2D eigenvalue weighted by Crippen LogP contribution is 2.26. The average Bonchev–Trinajstić information content (AvgIpc) is 3.42. The molecule has 2 unspecified atom stereocenters. The van der Waals surface area contributed by atoms with Gasteiger partial charge in [0.05, 0.1) is 6.54 Å². The quantitative estimate of drug-likeness (QED) is 0.184. The number of rotatable bonds is 7. The smallest absolute Gasteiger partial charge is 0.225 e. The lowest BCUT2D eigenvalue weighted by Gasteiger charge is -2.30. The lowest BCUT2D eigenvalue weighted by Crippen LogP contribution is -2.47. The molecule has 28 heavy (non-hydrogen) atoms. The van der Waals surface area contributed by atoms with Crippen LogP contribution in [0.1, 0.15) is 66.2 Å². The van der Waals surface area contributed by atoms with Crippen LogP contribution in [-0.2, 0) is 9.59 Å². The van der Waals surface area contributed by atoms with Crippen LogP contribution in [-0.4, -0.2) is 49.5 Å². The number of carbonyl (C=O) groups is 2. The van der Waals surface area contributed by atoms with Crippen LogP contribution in [0.5, 0.6) is 0 Å². The van der Waals surface area contributed by atoms with E-state index in [-0.39, 0.29) is 53.2 Å². The molecule has 2 atom stereocenters. The fourth-order valence-electron chi connectivity index (χ4n) is 3.22. The highest BCUT2D eigenvalue weighted by molar-refractivity contribution is 14.0. The Kier molecular flexibility index (Phi) is 10.5. The molecule has 2 amide bonds. The van der Waals surface area contributed by atoms with Gasteiger partial charge in [-0.2, -0.15) is 0 Å². The minimum absolute atomic E-state index is 0. The standard InChI is InChI=1S/C20H37N5O2.HI/c1-5-21-19(23-12-11-22-18(27)20(2,3)4)25-16-8-6-7-14(13-16)17(26)24-15-9-10-15;/h14-16H,5-13H2,1-4H3,(H,22,27)(H,24,26)(H2,21,23,25);1H. The summed E-state index contributed by atoms with van der Waals surface area (Å²) < 4.78 is 0. The third-order valence-electron chi connectivity index (χ3n) is 5.00. The van der Waals surface area contributed by atoms with Crippen molar-refractivity contribution in [1.82, 2.24) is 21.3 Å². The number of aliphatic imine (C=N–C) groups is 1. The van der Waals surface area contributed by atoms with Crippen LogP contribution < -0.4 is 21.3 Å². The predicted molar refractivity (Wildman–Crippen MR) is 124 cm³/mol. The fraction of sp³-hybridized carbons (Fsp3) is 0.850. The summed E-state index contributed by atoms with van der Waals surface area (Å²) in [5, 5.41) is 12.8. The molecule has 0 aromatic rings. The molecule has 0 aromatic heterocycles. The maximum absolute atomic E-state index is 12.3. The van der Waals surface area contributed by atoms with Crippen molar-refractivity contribution in [2.24, 2.45) is 16.3 Å². The Morgan fingerprint density at radius 3 is 2.32 bits per heavy atom. The van der Waals surface area contributed by atoms with Crippen molar-refractivity contribution in [3.8, 4) is 0 Å². The van der Waals surface area contributed by atoms with E-state index in [4.69, 9.17) is 0 Å². The molecule has 2 fully saturated rings. The van der Waals surface area contributed by atoms with Crippen molar-refractivity contribution in [3.63, 3.8) is 0 Å². The minimum atomic E-state index is -0.384. The van der Waals surface area contributed by atoms with Gasteiger partial charge in [0, 0.05) is 36.5 Å². The molecule has 0 heterocycles. The van der Waals surface area contributed by atoms with Crippen LogP contribution in [0.15, 0.2) is 4.99 Å². The Bertz CT molecular complexity index is 543. The summed E-state index contributed by atoms with van der Waals surface area (Å²) in [4.78, 5) is 28.8. The van der Waals surface area contributed by atoms with Gasteiger partial charge in [-0.15, -0.1) is 24.0 Å². The molecule has 0 bridgehead atoms. The van der Waals surface area contributed by atoms with Crippen molar-refractivity contribution in [2.75, 3.05) is 19.6 Å². The Morgan fingerprint density at radius 2 is 1.71 bits per heavy atom. The molecule has 0 radical (unpaired) electrons. The van der Waals surface area contributed by atoms with E-state index in [1.807, 2.05) is 27.7 Å². The summed E-state index contributed by atoms with van der Waals surface area (Å²) in [6.07, 6.45) is 6.19. The highest BCUT2D eigenvalue weighted by atomic mass is 127. The first kappa shape index (κ1) is 25.0. The van der Waals surface area contributed by atoms with Gasteiger partial charge >= 0.3 is 0 Å². The summed E-state index contributed by atoms with van der Waals surface area (Å²) >= 11 is 0. The molecule has 4 N–H and O–H groups in total. The molecule has 2 aliphatic carbocycles. The van der Waals surface area contributed by atoms with Crippen molar-refractivity contribution >= 4 is 41.8 Å². The first-order chi connectivity index (χ1) is 12.8. The monoisotopic (exact) mass is 507 g/mol. The number of nitrogens with zero attached hydrogens (tertiary/aromatic N) is 1. The first-order valence-electron chi connectivity index (χ1n) is 10.4. The van der Waals surface area contributed by atoms with Gasteiger partial charge in [-0.05, 0) is 39.0 Å². The number of halogens is 1. The molecular weight excluding hydrogens is 469 g/mol. The summed E-state index contributed by atoms with van der Waals surface area (Å²) in [7, 11) is 0. The second-order valence-corrected chi connectivity index (χ2v) is 8.75. The third kappa shape index (κ3) is 8.96. The maximum atomic E-state index is 12.3. The molecule has 2 aliphatic rings. The normalized spacial score (nSPS) is 22.6. The Labute approximate surface area is 186 Å². The van der Waals surface area contributed by atoms with Crippen LogP contribution in [0.4, 0.5) is 0 Å². The number of hydrogen-bond donors (Lipinski definition) is 4. The van der Waals surface area contributed by atoms with E-state index >= 15 is 0 Å². The summed E-state index contributed by atoms with van der Waals surface area (Å²) in [5.74, 6) is 1.12. The van der Waals surface area contributed by atoms with E-state index in [1.54, 1.807) is 0 Å². The molecular formula is C20H38IN5O2. The molecule has 2 saturated carbocycles. The minimum Gasteiger partial charge on any atom is -0.357 e. The van der Waals surface area contributed by atoms with Gasteiger partial charge in [-0.3, -0.25) is 14.6 Å². The summed E-state index contributed by atoms with van der Waals surface area (Å²) in [6.45, 7) is 9.55. The van der Waals surface area contributed by atoms with E-state index in [2.05, 4.69) is 26.3 Å². The van der Waals surface area contributed by atoms with Crippen molar-refractivity contribution in [1.29, 1.82) is 0 Å². The van der Waals surface area contributed by atoms with Gasteiger partial charge in [0.25, 0.3) is 0 Å². The molecule has 0 aromatic carbocycles. The van der Waals surface area contributed by atoms with Gasteiger partial charge in [-0.25, -0.2) is 0 Å². The van der Waals surface area contributed by atoms with Crippen LogP contribution >= 0.6 is 24.0 Å². The number of amides is 2. The van der Waals surface area contributed by atoms with Gasteiger partial charge < -0.3 is 21.3 Å². The number of nitrogens with one attached hydrogen (secondary N) is 4. The summed E-state index contributed by atoms with van der Waals surface area (Å²) in [5.41, 5.74) is -0.384. The van der Waals surface area contributed by atoms with Crippen LogP contribution in [0.2, 0.25) is 0 Å². The van der Waals surface area contributed by atoms with Gasteiger partial charge in [0.1, 0.15) is 0 Å². The fourth-order valence-corrected chi connectivity index (χ4v) is 3.22. The Morgan fingerprint density at radius 1 is 1.00 bits per heavy atom. The van der Waals surface area contributed by atoms with E-state index in [1.165, 1.54) is 0 Å². The van der Waals surface area contributed by atoms with Crippen molar-refractivity contribution in [3.05, 3.63) is 0 Å². The van der Waals surface area contributed by atoms with Crippen molar-refractivity contribution < 1.29 is 9.59 Å². The van der Waals surface area contributed by atoms with E-state index in [9.17, 15) is 9.59 Å². The second-order valence-electron chi connectivity index (χ2n) is 8.75.